The van der Waals surface area contributed by atoms with Crippen LogP contribution in [0.15, 0.2) is 39.8 Å². The van der Waals surface area contributed by atoms with E-state index in [4.69, 9.17) is 4.52 Å². The number of piperazine rings is 1. The van der Waals surface area contributed by atoms with E-state index in [2.05, 4.69) is 30.6 Å². The fraction of sp³-hybridized carbons (Fsp3) is 0.476. The Bertz CT molecular complexity index is 839. The first-order valence-electron chi connectivity index (χ1n) is 10.00. The second-order valence-corrected chi connectivity index (χ2v) is 7.20. The van der Waals surface area contributed by atoms with Gasteiger partial charge in [0.1, 0.15) is 5.76 Å². The molecule has 3 rings (SSSR count). The van der Waals surface area contributed by atoms with Gasteiger partial charge in [-0.15, -0.1) is 0 Å². The number of aromatic nitrogens is 1. The molecule has 156 valence electrons. The molecule has 0 spiro atoms. The van der Waals surface area contributed by atoms with Gasteiger partial charge in [0.05, 0.1) is 5.69 Å². The van der Waals surface area contributed by atoms with Gasteiger partial charge in [0.25, 0.3) is 5.91 Å². The van der Waals surface area contributed by atoms with Crippen LogP contribution < -0.4 is 10.6 Å². The van der Waals surface area contributed by atoms with E-state index in [1.54, 1.807) is 7.05 Å². The minimum absolute atomic E-state index is 0.0609. The molecule has 1 aliphatic rings. The Morgan fingerprint density at radius 2 is 2.03 bits per heavy atom. The zero-order chi connectivity index (χ0) is 20.6. The van der Waals surface area contributed by atoms with Crippen molar-refractivity contribution in [3.63, 3.8) is 0 Å². The predicted molar refractivity (Wildman–Crippen MR) is 113 cm³/mol. The standard InChI is InChI=1S/C21H30N6O2/c1-16-13-19(25-29-16)15-26-9-11-27(12-10-26)21(23-3)24-8-7-17-5-4-6-18(14-17)20(28)22-2/h4-6,13-14H,7-12,15H2,1-3H3,(H,22,28)(H,23,24). The van der Waals surface area contributed by atoms with Crippen molar-refractivity contribution in [2.75, 3.05) is 46.8 Å². The van der Waals surface area contributed by atoms with Crippen LogP contribution in [0.1, 0.15) is 27.4 Å². The molecule has 0 saturated carbocycles. The average Bonchev–Trinajstić information content (AvgIpc) is 3.16. The van der Waals surface area contributed by atoms with Gasteiger partial charge in [-0.2, -0.15) is 0 Å². The molecule has 0 atom stereocenters. The number of aliphatic imine (C=N–C) groups is 1. The number of carbonyl (C=O) groups is 1. The van der Waals surface area contributed by atoms with Crippen molar-refractivity contribution in [3.8, 4) is 0 Å². The molecule has 1 aromatic heterocycles. The molecule has 0 radical (unpaired) electrons. The Hall–Kier alpha value is -2.87. The summed E-state index contributed by atoms with van der Waals surface area (Å²) in [5.41, 5.74) is 2.80. The highest BCUT2D eigenvalue weighted by Crippen LogP contribution is 2.10. The lowest BCUT2D eigenvalue weighted by Crippen LogP contribution is -2.52. The van der Waals surface area contributed by atoms with E-state index < -0.39 is 0 Å². The number of rotatable bonds is 6. The number of aryl methyl sites for hydroxylation is 1. The van der Waals surface area contributed by atoms with Crippen molar-refractivity contribution >= 4 is 11.9 Å². The molecule has 0 unspecified atom stereocenters. The van der Waals surface area contributed by atoms with Crippen LogP contribution in [0.2, 0.25) is 0 Å². The maximum atomic E-state index is 11.8. The lowest BCUT2D eigenvalue weighted by Gasteiger charge is -2.36. The third-order valence-electron chi connectivity index (χ3n) is 5.06. The summed E-state index contributed by atoms with van der Waals surface area (Å²) in [5.74, 6) is 1.71. The minimum atomic E-state index is -0.0609. The first kappa shape index (κ1) is 20.9. The molecule has 1 fully saturated rings. The summed E-state index contributed by atoms with van der Waals surface area (Å²) in [5, 5.41) is 10.2. The van der Waals surface area contributed by atoms with Gasteiger partial charge in [-0.25, -0.2) is 0 Å². The van der Waals surface area contributed by atoms with Gasteiger partial charge >= 0.3 is 0 Å². The van der Waals surface area contributed by atoms with Gasteiger partial charge in [-0.3, -0.25) is 14.7 Å². The monoisotopic (exact) mass is 398 g/mol. The molecule has 0 bridgehead atoms. The summed E-state index contributed by atoms with van der Waals surface area (Å²) < 4.78 is 5.15. The Kier molecular flexibility index (Phi) is 7.24. The third kappa shape index (κ3) is 5.80. The summed E-state index contributed by atoms with van der Waals surface area (Å²) in [7, 11) is 3.46. The number of hydrogen-bond donors (Lipinski definition) is 2. The first-order valence-corrected chi connectivity index (χ1v) is 10.00. The molecule has 0 aliphatic carbocycles. The highest BCUT2D eigenvalue weighted by atomic mass is 16.5. The fourth-order valence-electron chi connectivity index (χ4n) is 3.50. The van der Waals surface area contributed by atoms with Crippen LogP contribution in [0.5, 0.6) is 0 Å². The van der Waals surface area contributed by atoms with Crippen LogP contribution in [-0.2, 0) is 13.0 Å². The number of nitrogens with one attached hydrogen (secondary N) is 2. The maximum Gasteiger partial charge on any atom is 0.251 e. The summed E-state index contributed by atoms with van der Waals surface area (Å²) in [6.45, 7) is 7.26. The molecule has 1 aliphatic heterocycles. The highest BCUT2D eigenvalue weighted by molar-refractivity contribution is 5.94. The predicted octanol–water partition coefficient (Wildman–Crippen LogP) is 1.28. The number of guanidine groups is 1. The van der Waals surface area contributed by atoms with Crippen molar-refractivity contribution in [2.24, 2.45) is 4.99 Å². The molecule has 2 N–H and O–H groups in total. The van der Waals surface area contributed by atoms with E-state index >= 15 is 0 Å². The smallest absolute Gasteiger partial charge is 0.251 e. The van der Waals surface area contributed by atoms with Crippen LogP contribution >= 0.6 is 0 Å². The molecular weight excluding hydrogens is 368 g/mol. The van der Waals surface area contributed by atoms with Crippen LogP contribution in [0.4, 0.5) is 0 Å². The Labute approximate surface area is 172 Å². The molecular formula is C21H30N6O2. The zero-order valence-electron chi connectivity index (χ0n) is 17.4. The zero-order valence-corrected chi connectivity index (χ0v) is 17.4. The number of hydrogen-bond acceptors (Lipinski definition) is 5. The van der Waals surface area contributed by atoms with E-state index in [1.165, 1.54) is 0 Å². The summed E-state index contributed by atoms with van der Waals surface area (Å²) in [4.78, 5) is 20.9. The second kappa shape index (κ2) is 10.1. The van der Waals surface area contributed by atoms with Crippen molar-refractivity contribution in [1.82, 2.24) is 25.6 Å². The Balaban J connectivity index is 1.44. The summed E-state index contributed by atoms with van der Waals surface area (Å²) in [6, 6.07) is 9.72. The summed E-state index contributed by atoms with van der Waals surface area (Å²) >= 11 is 0. The van der Waals surface area contributed by atoms with Crippen LogP contribution in [-0.4, -0.2) is 73.6 Å². The molecule has 8 heteroatoms. The van der Waals surface area contributed by atoms with Gasteiger partial charge in [-0.05, 0) is 31.0 Å². The quantitative estimate of drug-likeness (QED) is 0.563. The second-order valence-electron chi connectivity index (χ2n) is 7.20. The number of benzene rings is 1. The minimum Gasteiger partial charge on any atom is -0.361 e. The Morgan fingerprint density at radius 1 is 1.24 bits per heavy atom. The maximum absolute atomic E-state index is 11.8. The molecule has 2 heterocycles. The number of amides is 1. The highest BCUT2D eigenvalue weighted by Gasteiger charge is 2.20. The van der Waals surface area contributed by atoms with E-state index in [-0.39, 0.29) is 5.91 Å². The molecule has 1 saturated heterocycles. The normalized spacial score (nSPS) is 15.4. The summed E-state index contributed by atoms with van der Waals surface area (Å²) in [6.07, 6.45) is 0.829. The third-order valence-corrected chi connectivity index (χ3v) is 5.06. The van der Waals surface area contributed by atoms with Crippen LogP contribution in [0.3, 0.4) is 0 Å². The van der Waals surface area contributed by atoms with Crippen LogP contribution in [0.25, 0.3) is 0 Å². The largest absolute Gasteiger partial charge is 0.361 e. The van der Waals surface area contributed by atoms with Gasteiger partial charge in [-0.1, -0.05) is 17.3 Å². The van der Waals surface area contributed by atoms with E-state index in [1.807, 2.05) is 44.3 Å². The number of nitrogens with zero attached hydrogens (tertiary/aromatic N) is 4. The van der Waals surface area contributed by atoms with E-state index in [0.717, 1.165) is 68.7 Å². The molecule has 1 amide bonds. The van der Waals surface area contributed by atoms with Gasteiger partial charge in [0.15, 0.2) is 5.96 Å². The van der Waals surface area contributed by atoms with Crippen molar-refractivity contribution in [1.29, 1.82) is 0 Å². The fourth-order valence-corrected chi connectivity index (χ4v) is 3.50. The molecule has 8 nitrogen and oxygen atoms in total. The molecule has 29 heavy (non-hydrogen) atoms. The molecule has 1 aromatic carbocycles. The lowest BCUT2D eigenvalue weighted by atomic mass is 10.1. The number of carbonyl (C=O) groups excluding carboxylic acids is 1. The van der Waals surface area contributed by atoms with Crippen LogP contribution in [0, 0.1) is 6.92 Å². The SMILES string of the molecule is CN=C(NCCc1cccc(C(=O)NC)c1)N1CCN(Cc2cc(C)on2)CC1. The molecule has 2 aromatic rings. The van der Waals surface area contributed by atoms with Gasteiger partial charge in [0, 0.05) is 65.0 Å². The first-order chi connectivity index (χ1) is 14.1. The lowest BCUT2D eigenvalue weighted by molar-refractivity contribution is 0.0963. The Morgan fingerprint density at radius 3 is 2.69 bits per heavy atom. The van der Waals surface area contributed by atoms with Gasteiger partial charge < -0.3 is 20.1 Å². The van der Waals surface area contributed by atoms with Crippen molar-refractivity contribution in [3.05, 3.63) is 52.9 Å². The van der Waals surface area contributed by atoms with Crippen molar-refractivity contribution in [2.45, 2.75) is 19.9 Å². The van der Waals surface area contributed by atoms with Gasteiger partial charge in [0.2, 0.25) is 0 Å². The van der Waals surface area contributed by atoms with Crippen molar-refractivity contribution < 1.29 is 9.32 Å². The topological polar surface area (TPSA) is 86.0 Å². The average molecular weight is 399 g/mol. The van der Waals surface area contributed by atoms with E-state index in [9.17, 15) is 4.79 Å². The van der Waals surface area contributed by atoms with E-state index in [0.29, 0.717) is 5.56 Å².